The van der Waals surface area contributed by atoms with Crippen molar-refractivity contribution in [1.29, 1.82) is 0 Å². The van der Waals surface area contributed by atoms with E-state index in [1.165, 1.54) is 24.8 Å². The molecule has 1 aliphatic carbocycles. The van der Waals surface area contributed by atoms with Gasteiger partial charge in [-0.3, -0.25) is 4.98 Å². The van der Waals surface area contributed by atoms with Gasteiger partial charge in [0.15, 0.2) is 0 Å². The lowest BCUT2D eigenvalue weighted by Gasteiger charge is -2.37. The third-order valence-electron chi connectivity index (χ3n) is 4.69. The summed E-state index contributed by atoms with van der Waals surface area (Å²) in [5, 5.41) is 0. The van der Waals surface area contributed by atoms with Gasteiger partial charge in [-0.15, -0.1) is 0 Å². The van der Waals surface area contributed by atoms with Crippen molar-refractivity contribution < 1.29 is 0 Å². The highest BCUT2D eigenvalue weighted by molar-refractivity contribution is 9.10. The molecule has 3 unspecified atom stereocenters. The van der Waals surface area contributed by atoms with E-state index in [0.717, 1.165) is 35.2 Å². The number of aromatic nitrogens is 1. The Balaban J connectivity index is 2.06. The largest absolute Gasteiger partial charge is 0.330 e. The van der Waals surface area contributed by atoms with Crippen LogP contribution in [0, 0.1) is 23.7 Å². The van der Waals surface area contributed by atoms with Crippen LogP contribution in [0.15, 0.2) is 22.9 Å². The second-order valence-electron chi connectivity index (χ2n) is 6.29. The van der Waals surface area contributed by atoms with Crippen molar-refractivity contribution in [3.05, 3.63) is 28.5 Å². The Kier molecular flexibility index (Phi) is 5.40. The van der Waals surface area contributed by atoms with Crippen LogP contribution in [0.25, 0.3) is 0 Å². The highest BCUT2D eigenvalue weighted by Crippen LogP contribution is 2.38. The van der Waals surface area contributed by atoms with Gasteiger partial charge >= 0.3 is 0 Å². The number of rotatable bonds is 4. The van der Waals surface area contributed by atoms with E-state index < -0.39 is 0 Å². The number of hydrogen-bond donors (Lipinski definition) is 1. The van der Waals surface area contributed by atoms with E-state index in [9.17, 15) is 0 Å². The van der Waals surface area contributed by atoms with Gasteiger partial charge in [-0.2, -0.15) is 0 Å². The van der Waals surface area contributed by atoms with Crippen LogP contribution in [0.4, 0.5) is 0 Å². The molecular formula is C16H25BrN2. The van der Waals surface area contributed by atoms with Crippen molar-refractivity contribution in [3.8, 4) is 0 Å². The summed E-state index contributed by atoms with van der Waals surface area (Å²) >= 11 is 3.51. The van der Waals surface area contributed by atoms with Gasteiger partial charge in [0.1, 0.15) is 0 Å². The Bertz CT molecular complexity index is 405. The molecule has 1 saturated carbocycles. The number of hydrogen-bond acceptors (Lipinski definition) is 2. The molecule has 0 amide bonds. The molecule has 2 rings (SSSR count). The lowest BCUT2D eigenvalue weighted by Crippen LogP contribution is -2.33. The molecule has 19 heavy (non-hydrogen) atoms. The monoisotopic (exact) mass is 324 g/mol. The molecule has 2 N–H and O–H groups in total. The minimum atomic E-state index is 0.689. The average molecular weight is 325 g/mol. The summed E-state index contributed by atoms with van der Waals surface area (Å²) in [6, 6.07) is 2.19. The van der Waals surface area contributed by atoms with Crippen LogP contribution in [0.5, 0.6) is 0 Å². The van der Waals surface area contributed by atoms with E-state index >= 15 is 0 Å². The van der Waals surface area contributed by atoms with Gasteiger partial charge in [-0.1, -0.05) is 13.8 Å². The van der Waals surface area contributed by atoms with Gasteiger partial charge < -0.3 is 5.73 Å². The normalized spacial score (nSPS) is 27.7. The maximum atomic E-state index is 5.97. The third kappa shape index (κ3) is 4.03. The number of pyridine rings is 1. The van der Waals surface area contributed by atoms with E-state index in [4.69, 9.17) is 5.73 Å². The van der Waals surface area contributed by atoms with Crippen molar-refractivity contribution in [2.24, 2.45) is 29.4 Å². The molecule has 0 spiro atoms. The summed E-state index contributed by atoms with van der Waals surface area (Å²) in [7, 11) is 0. The first-order valence-corrected chi connectivity index (χ1v) is 8.19. The fourth-order valence-electron chi connectivity index (χ4n) is 3.40. The summed E-state index contributed by atoms with van der Waals surface area (Å²) < 4.78 is 1.07. The van der Waals surface area contributed by atoms with Crippen LogP contribution in [0.3, 0.4) is 0 Å². The van der Waals surface area contributed by atoms with Gasteiger partial charge in [-0.05, 0) is 83.5 Å². The fraction of sp³-hybridized carbons (Fsp3) is 0.688. The van der Waals surface area contributed by atoms with E-state index in [-0.39, 0.29) is 0 Å². The number of halogens is 1. The smallest absolute Gasteiger partial charge is 0.0410 e. The molecule has 0 radical (unpaired) electrons. The van der Waals surface area contributed by atoms with Crippen molar-refractivity contribution in [2.45, 2.75) is 39.5 Å². The van der Waals surface area contributed by atoms with Gasteiger partial charge in [0.2, 0.25) is 0 Å². The molecule has 3 heteroatoms. The van der Waals surface area contributed by atoms with Crippen LogP contribution in [0.1, 0.15) is 38.7 Å². The molecule has 1 heterocycles. The van der Waals surface area contributed by atoms with Gasteiger partial charge in [-0.25, -0.2) is 0 Å². The van der Waals surface area contributed by atoms with Crippen molar-refractivity contribution >= 4 is 15.9 Å². The topological polar surface area (TPSA) is 38.9 Å². The summed E-state index contributed by atoms with van der Waals surface area (Å²) in [5.74, 6) is 3.08. The quantitative estimate of drug-likeness (QED) is 0.907. The van der Waals surface area contributed by atoms with Crippen LogP contribution in [-0.4, -0.2) is 11.5 Å². The first-order valence-electron chi connectivity index (χ1n) is 7.39. The molecule has 1 aliphatic rings. The Morgan fingerprint density at radius 2 is 2.11 bits per heavy atom. The molecule has 0 aliphatic heterocycles. The molecule has 106 valence electrons. The Labute approximate surface area is 125 Å². The molecule has 1 aromatic heterocycles. The van der Waals surface area contributed by atoms with Crippen molar-refractivity contribution in [3.63, 3.8) is 0 Å². The molecule has 0 bridgehead atoms. The van der Waals surface area contributed by atoms with Crippen LogP contribution in [-0.2, 0) is 6.42 Å². The van der Waals surface area contributed by atoms with Crippen LogP contribution < -0.4 is 5.73 Å². The highest BCUT2D eigenvalue weighted by Gasteiger charge is 2.31. The second-order valence-corrected chi connectivity index (χ2v) is 7.20. The second kappa shape index (κ2) is 6.85. The molecule has 1 fully saturated rings. The average Bonchev–Trinajstić information content (AvgIpc) is 2.38. The summed E-state index contributed by atoms with van der Waals surface area (Å²) in [5.41, 5.74) is 7.31. The maximum absolute atomic E-state index is 5.97. The Morgan fingerprint density at radius 1 is 1.32 bits per heavy atom. The Morgan fingerprint density at radius 3 is 2.74 bits per heavy atom. The zero-order valence-electron chi connectivity index (χ0n) is 12.0. The first-order chi connectivity index (χ1) is 9.10. The molecule has 0 saturated heterocycles. The van der Waals surface area contributed by atoms with Gasteiger partial charge in [0.25, 0.3) is 0 Å². The number of nitrogens with zero attached hydrogens (tertiary/aromatic N) is 1. The summed E-state index contributed by atoms with van der Waals surface area (Å²) in [4.78, 5) is 4.28. The van der Waals surface area contributed by atoms with Crippen molar-refractivity contribution in [1.82, 2.24) is 4.98 Å². The molecule has 3 atom stereocenters. The third-order valence-corrected chi connectivity index (χ3v) is 5.12. The van der Waals surface area contributed by atoms with E-state index in [0.29, 0.717) is 5.92 Å². The predicted octanol–water partition coefficient (Wildman–Crippen LogP) is 4.03. The van der Waals surface area contributed by atoms with E-state index in [1.54, 1.807) is 0 Å². The SMILES string of the molecule is CC(C)C1CCC(CN)C(Cc2cncc(Br)c2)C1. The van der Waals surface area contributed by atoms with E-state index in [2.05, 4.69) is 40.8 Å². The predicted molar refractivity (Wildman–Crippen MR) is 83.9 cm³/mol. The van der Waals surface area contributed by atoms with Crippen LogP contribution in [0.2, 0.25) is 0 Å². The minimum absolute atomic E-state index is 0.689. The standard InChI is InChI=1S/C16H25BrN2/c1-11(2)13-3-4-14(8-18)15(7-13)5-12-6-16(17)10-19-9-12/h6,9-11,13-15H,3-5,7-8,18H2,1-2H3. The zero-order chi connectivity index (χ0) is 13.8. The highest BCUT2D eigenvalue weighted by atomic mass is 79.9. The van der Waals surface area contributed by atoms with Crippen LogP contribution >= 0.6 is 15.9 Å². The summed E-state index contributed by atoms with van der Waals surface area (Å²) in [6.07, 6.45) is 8.95. The summed E-state index contributed by atoms with van der Waals surface area (Å²) in [6.45, 7) is 5.53. The van der Waals surface area contributed by atoms with Gasteiger partial charge in [0, 0.05) is 16.9 Å². The molecular weight excluding hydrogens is 300 g/mol. The molecule has 0 aromatic carbocycles. The van der Waals surface area contributed by atoms with E-state index in [1.807, 2.05) is 12.4 Å². The molecule has 1 aromatic rings. The van der Waals surface area contributed by atoms with Crippen molar-refractivity contribution in [2.75, 3.05) is 6.54 Å². The lowest BCUT2D eigenvalue weighted by molar-refractivity contribution is 0.151. The lowest BCUT2D eigenvalue weighted by atomic mass is 9.69. The first kappa shape index (κ1) is 15.0. The van der Waals surface area contributed by atoms with Gasteiger partial charge in [0.05, 0.1) is 0 Å². The zero-order valence-corrected chi connectivity index (χ0v) is 13.6. The molecule has 2 nitrogen and oxygen atoms in total. The minimum Gasteiger partial charge on any atom is -0.330 e. The fourth-order valence-corrected chi connectivity index (χ4v) is 3.81. The Hall–Kier alpha value is -0.410. The maximum Gasteiger partial charge on any atom is 0.0410 e. The number of nitrogens with two attached hydrogens (primary N) is 1.